The van der Waals surface area contributed by atoms with Gasteiger partial charge in [-0.3, -0.25) is 4.79 Å². The van der Waals surface area contributed by atoms with Crippen LogP contribution in [0.15, 0.2) is 65.1 Å². The van der Waals surface area contributed by atoms with Crippen LogP contribution < -0.4 is 5.32 Å². The molecule has 0 unspecified atom stereocenters. The van der Waals surface area contributed by atoms with Crippen LogP contribution in [0.5, 0.6) is 0 Å². The topological polar surface area (TPSA) is 55.1 Å². The summed E-state index contributed by atoms with van der Waals surface area (Å²) in [5.41, 5.74) is 2.75. The molecule has 28 heavy (non-hydrogen) atoms. The van der Waals surface area contributed by atoms with E-state index in [2.05, 4.69) is 10.3 Å². The van der Waals surface area contributed by atoms with Crippen LogP contribution in [0.3, 0.4) is 0 Å². The van der Waals surface area contributed by atoms with Gasteiger partial charge in [0.15, 0.2) is 5.76 Å². The molecule has 0 bridgehead atoms. The van der Waals surface area contributed by atoms with Gasteiger partial charge in [0.05, 0.1) is 21.1 Å². The number of pyridine rings is 1. The van der Waals surface area contributed by atoms with Crippen LogP contribution in [0.25, 0.3) is 22.4 Å². The zero-order valence-corrected chi connectivity index (χ0v) is 16.5. The predicted octanol–water partition coefficient (Wildman–Crippen LogP) is 6.04. The minimum atomic E-state index is -0.200. The van der Waals surface area contributed by atoms with Crippen molar-refractivity contribution in [2.75, 3.05) is 0 Å². The van der Waals surface area contributed by atoms with Crippen LogP contribution in [0.2, 0.25) is 10.0 Å². The Kier molecular flexibility index (Phi) is 5.07. The van der Waals surface area contributed by atoms with Gasteiger partial charge >= 0.3 is 0 Å². The molecule has 0 fully saturated rings. The Balaban J connectivity index is 1.68. The Hall–Kier alpha value is -2.82. The highest BCUT2D eigenvalue weighted by Crippen LogP contribution is 2.26. The zero-order chi connectivity index (χ0) is 19.7. The zero-order valence-electron chi connectivity index (χ0n) is 15.0. The number of fused-ring (bicyclic) bond motifs is 1. The van der Waals surface area contributed by atoms with Gasteiger partial charge in [0, 0.05) is 11.9 Å². The predicted molar refractivity (Wildman–Crippen MR) is 112 cm³/mol. The SMILES string of the molecule is Cc1ccc(-c2cc(C(=O)NCc3ccc(Cl)c(Cl)c3)c3ccccc3n2)o1. The molecule has 0 saturated carbocycles. The second-order valence-corrected chi connectivity index (χ2v) is 7.23. The molecular formula is C22H16Cl2N2O2. The van der Waals surface area contributed by atoms with Crippen molar-refractivity contribution in [3.63, 3.8) is 0 Å². The van der Waals surface area contributed by atoms with Crippen LogP contribution in [-0.2, 0) is 6.54 Å². The fraction of sp³-hybridized carbons (Fsp3) is 0.0909. The van der Waals surface area contributed by atoms with Crippen LogP contribution in [0.4, 0.5) is 0 Å². The minimum Gasteiger partial charge on any atom is -0.460 e. The van der Waals surface area contributed by atoms with Gasteiger partial charge in [0.25, 0.3) is 5.91 Å². The summed E-state index contributed by atoms with van der Waals surface area (Å²) in [7, 11) is 0. The van der Waals surface area contributed by atoms with E-state index in [0.29, 0.717) is 33.6 Å². The van der Waals surface area contributed by atoms with Crippen LogP contribution in [0, 0.1) is 6.92 Å². The maximum Gasteiger partial charge on any atom is 0.252 e. The number of rotatable bonds is 4. The monoisotopic (exact) mass is 410 g/mol. The minimum absolute atomic E-state index is 0.200. The van der Waals surface area contributed by atoms with E-state index in [1.54, 1.807) is 18.2 Å². The molecule has 0 aliphatic heterocycles. The summed E-state index contributed by atoms with van der Waals surface area (Å²) in [4.78, 5) is 17.6. The van der Waals surface area contributed by atoms with E-state index in [1.165, 1.54) is 0 Å². The van der Waals surface area contributed by atoms with E-state index in [4.69, 9.17) is 27.6 Å². The number of hydrogen-bond acceptors (Lipinski definition) is 3. The Morgan fingerprint density at radius 2 is 1.86 bits per heavy atom. The number of aryl methyl sites for hydroxylation is 1. The molecule has 0 aliphatic rings. The van der Waals surface area contributed by atoms with Gasteiger partial charge in [-0.25, -0.2) is 4.98 Å². The summed E-state index contributed by atoms with van der Waals surface area (Å²) in [5, 5.41) is 4.66. The second-order valence-electron chi connectivity index (χ2n) is 6.41. The number of nitrogens with one attached hydrogen (secondary N) is 1. The van der Waals surface area contributed by atoms with E-state index in [9.17, 15) is 4.79 Å². The van der Waals surface area contributed by atoms with Crippen molar-refractivity contribution >= 4 is 40.0 Å². The molecule has 2 aromatic carbocycles. The lowest BCUT2D eigenvalue weighted by molar-refractivity contribution is 0.0952. The summed E-state index contributed by atoms with van der Waals surface area (Å²) in [6.07, 6.45) is 0. The maximum atomic E-state index is 12.9. The van der Waals surface area contributed by atoms with Gasteiger partial charge in [-0.15, -0.1) is 0 Å². The summed E-state index contributed by atoms with van der Waals surface area (Å²) in [6, 6.07) is 18.3. The normalized spacial score (nSPS) is 11.0. The highest BCUT2D eigenvalue weighted by molar-refractivity contribution is 6.42. The number of nitrogens with zero attached hydrogens (tertiary/aromatic N) is 1. The largest absolute Gasteiger partial charge is 0.460 e. The number of carbonyl (C=O) groups is 1. The molecule has 6 heteroatoms. The van der Waals surface area contributed by atoms with E-state index in [-0.39, 0.29) is 5.91 Å². The first-order valence-electron chi connectivity index (χ1n) is 8.70. The first-order chi connectivity index (χ1) is 13.5. The van der Waals surface area contributed by atoms with Crippen molar-refractivity contribution in [3.05, 3.63) is 87.6 Å². The third-order valence-corrected chi connectivity index (χ3v) is 5.13. The molecule has 0 atom stereocenters. The molecule has 0 spiro atoms. The molecule has 0 aliphatic carbocycles. The molecule has 0 radical (unpaired) electrons. The standard InChI is InChI=1S/C22H16Cl2N2O2/c1-13-6-9-21(28-13)20-11-16(15-4-2-3-5-19(15)26-20)22(27)25-12-14-7-8-17(23)18(24)10-14/h2-11H,12H2,1H3,(H,25,27). The van der Waals surface area contributed by atoms with Crippen molar-refractivity contribution < 1.29 is 9.21 Å². The van der Waals surface area contributed by atoms with E-state index in [1.807, 2.05) is 49.4 Å². The molecular weight excluding hydrogens is 395 g/mol. The Bertz CT molecular complexity index is 1180. The first-order valence-corrected chi connectivity index (χ1v) is 9.45. The average Bonchev–Trinajstić information content (AvgIpc) is 3.14. The smallest absolute Gasteiger partial charge is 0.252 e. The summed E-state index contributed by atoms with van der Waals surface area (Å²) in [6.45, 7) is 2.21. The number of carbonyl (C=O) groups excluding carboxylic acids is 1. The third-order valence-electron chi connectivity index (χ3n) is 4.39. The lowest BCUT2D eigenvalue weighted by atomic mass is 10.1. The van der Waals surface area contributed by atoms with Crippen molar-refractivity contribution in [2.45, 2.75) is 13.5 Å². The number of furan rings is 1. The van der Waals surface area contributed by atoms with E-state index >= 15 is 0 Å². The molecule has 4 aromatic rings. The highest BCUT2D eigenvalue weighted by atomic mass is 35.5. The van der Waals surface area contributed by atoms with Crippen LogP contribution >= 0.6 is 23.2 Å². The fourth-order valence-corrected chi connectivity index (χ4v) is 3.31. The number of para-hydroxylation sites is 1. The van der Waals surface area contributed by atoms with Gasteiger partial charge in [0.1, 0.15) is 11.5 Å². The number of amides is 1. The lowest BCUT2D eigenvalue weighted by Gasteiger charge is -2.10. The Morgan fingerprint density at radius 1 is 1.04 bits per heavy atom. The first kappa shape index (κ1) is 18.5. The number of aromatic nitrogens is 1. The molecule has 1 amide bonds. The Labute approximate surface area is 172 Å². The number of benzene rings is 2. The van der Waals surface area contributed by atoms with Gasteiger partial charge in [-0.1, -0.05) is 47.5 Å². The summed E-state index contributed by atoms with van der Waals surface area (Å²) in [5.74, 6) is 1.21. The summed E-state index contributed by atoms with van der Waals surface area (Å²) >= 11 is 12.0. The second kappa shape index (κ2) is 7.66. The van der Waals surface area contributed by atoms with Gasteiger partial charge in [-0.2, -0.15) is 0 Å². The molecule has 4 nitrogen and oxygen atoms in total. The van der Waals surface area contributed by atoms with Crippen molar-refractivity contribution in [2.24, 2.45) is 0 Å². The molecule has 4 rings (SSSR count). The molecule has 0 saturated heterocycles. The number of hydrogen-bond donors (Lipinski definition) is 1. The summed E-state index contributed by atoms with van der Waals surface area (Å²) < 4.78 is 5.69. The van der Waals surface area contributed by atoms with Crippen molar-refractivity contribution in [1.82, 2.24) is 10.3 Å². The molecule has 2 heterocycles. The third kappa shape index (κ3) is 3.75. The van der Waals surface area contributed by atoms with E-state index < -0.39 is 0 Å². The average molecular weight is 411 g/mol. The van der Waals surface area contributed by atoms with Crippen molar-refractivity contribution in [1.29, 1.82) is 0 Å². The van der Waals surface area contributed by atoms with Gasteiger partial charge < -0.3 is 9.73 Å². The fourth-order valence-electron chi connectivity index (χ4n) is 2.99. The molecule has 1 N–H and O–H groups in total. The van der Waals surface area contributed by atoms with Gasteiger partial charge in [-0.05, 0) is 48.9 Å². The maximum absolute atomic E-state index is 12.9. The molecule has 2 aromatic heterocycles. The van der Waals surface area contributed by atoms with E-state index in [0.717, 1.165) is 22.2 Å². The van der Waals surface area contributed by atoms with Crippen LogP contribution in [-0.4, -0.2) is 10.9 Å². The molecule has 140 valence electrons. The lowest BCUT2D eigenvalue weighted by Crippen LogP contribution is -2.23. The van der Waals surface area contributed by atoms with Crippen molar-refractivity contribution in [3.8, 4) is 11.5 Å². The van der Waals surface area contributed by atoms with Gasteiger partial charge in [0.2, 0.25) is 0 Å². The highest BCUT2D eigenvalue weighted by Gasteiger charge is 2.15. The Morgan fingerprint density at radius 3 is 2.61 bits per heavy atom. The van der Waals surface area contributed by atoms with Crippen LogP contribution in [0.1, 0.15) is 21.7 Å². The number of halogens is 2. The quantitative estimate of drug-likeness (QED) is 0.446.